The molecule has 0 radical (unpaired) electrons. The van der Waals surface area contributed by atoms with Crippen LogP contribution < -0.4 is 0 Å². The van der Waals surface area contributed by atoms with Crippen molar-refractivity contribution in [3.8, 4) is 0 Å². The summed E-state index contributed by atoms with van der Waals surface area (Å²) < 4.78 is 14.3. The summed E-state index contributed by atoms with van der Waals surface area (Å²) in [5.41, 5.74) is 0.771. The Morgan fingerprint density at radius 3 is 3.00 bits per heavy atom. The number of nitrogens with zero attached hydrogens (tertiary/aromatic N) is 1. The maximum absolute atomic E-state index is 13.0. The van der Waals surface area contributed by atoms with Crippen LogP contribution in [-0.4, -0.2) is 10.2 Å². The van der Waals surface area contributed by atoms with Gasteiger partial charge < -0.3 is 0 Å². The molecule has 0 amide bonds. The predicted molar refractivity (Wildman–Crippen MR) is 56.5 cm³/mol. The Bertz CT molecular complexity index is 440. The molecule has 0 aliphatic rings. The minimum absolute atomic E-state index is 0.262. The second kappa shape index (κ2) is 2.95. The fourth-order valence-electron chi connectivity index (χ4n) is 1.01. The van der Waals surface area contributed by atoms with E-state index >= 15 is 0 Å². The van der Waals surface area contributed by atoms with Crippen LogP contribution >= 0.6 is 38.5 Å². The number of aromatic nitrogens is 2. The van der Waals surface area contributed by atoms with Crippen molar-refractivity contribution in [2.45, 2.75) is 0 Å². The third kappa shape index (κ3) is 1.15. The van der Waals surface area contributed by atoms with E-state index in [4.69, 9.17) is 0 Å². The molecule has 0 spiro atoms. The lowest BCUT2D eigenvalue weighted by Crippen LogP contribution is -1.78. The van der Waals surface area contributed by atoms with Gasteiger partial charge in [-0.1, -0.05) is 0 Å². The number of nitrogens with one attached hydrogen (secondary N) is 1. The Morgan fingerprint density at radius 2 is 2.25 bits per heavy atom. The van der Waals surface area contributed by atoms with Crippen LogP contribution in [0.3, 0.4) is 0 Å². The molecule has 0 saturated carbocycles. The number of halogens is 3. The molecule has 1 aromatic carbocycles. The lowest BCUT2D eigenvalue weighted by Gasteiger charge is -1.94. The molecule has 2 nitrogen and oxygen atoms in total. The van der Waals surface area contributed by atoms with Crippen LogP contribution in [0.2, 0.25) is 0 Å². The highest BCUT2D eigenvalue weighted by Crippen LogP contribution is 2.28. The predicted octanol–water partition coefficient (Wildman–Crippen LogP) is 3.07. The zero-order valence-corrected chi connectivity index (χ0v) is 9.48. The molecule has 0 aliphatic heterocycles. The number of aromatic amines is 1. The van der Waals surface area contributed by atoms with E-state index in [1.54, 1.807) is 6.07 Å². The first-order valence-electron chi connectivity index (χ1n) is 3.17. The summed E-state index contributed by atoms with van der Waals surface area (Å²) in [6, 6.07) is 3.04. The summed E-state index contributed by atoms with van der Waals surface area (Å²) in [5.74, 6) is -0.262. The molecular weight excluding hydrogens is 338 g/mol. The van der Waals surface area contributed by atoms with E-state index in [2.05, 4.69) is 48.7 Å². The van der Waals surface area contributed by atoms with E-state index in [1.807, 2.05) is 0 Å². The van der Waals surface area contributed by atoms with Crippen molar-refractivity contribution in [3.05, 3.63) is 26.1 Å². The second-order valence-corrected chi connectivity index (χ2v) is 4.16. The molecule has 0 atom stereocenters. The van der Waals surface area contributed by atoms with Crippen LogP contribution in [0.4, 0.5) is 4.39 Å². The van der Waals surface area contributed by atoms with Crippen molar-refractivity contribution in [2.24, 2.45) is 0 Å². The third-order valence-corrected chi connectivity index (χ3v) is 3.12. The van der Waals surface area contributed by atoms with Crippen molar-refractivity contribution in [1.29, 1.82) is 0 Å². The minimum atomic E-state index is -0.262. The van der Waals surface area contributed by atoms with Gasteiger partial charge >= 0.3 is 0 Å². The molecule has 5 heteroatoms. The van der Waals surface area contributed by atoms with Gasteiger partial charge in [-0.15, -0.1) is 0 Å². The van der Waals surface area contributed by atoms with Gasteiger partial charge in [0, 0.05) is 0 Å². The van der Waals surface area contributed by atoms with E-state index in [9.17, 15) is 4.39 Å². The molecule has 1 N–H and O–H groups in total. The molecule has 2 aromatic rings. The first-order valence-corrected chi connectivity index (χ1v) is 5.05. The maximum atomic E-state index is 13.0. The molecule has 1 heterocycles. The molecule has 62 valence electrons. The lowest BCUT2D eigenvalue weighted by molar-refractivity contribution is 0.623. The number of fused-ring (bicyclic) bond motifs is 1. The Labute approximate surface area is 89.8 Å². The zero-order valence-electron chi connectivity index (χ0n) is 5.74. The smallest absolute Gasteiger partial charge is 0.138 e. The monoisotopic (exact) mass is 340 g/mol. The van der Waals surface area contributed by atoms with Crippen molar-refractivity contribution < 1.29 is 4.39 Å². The third-order valence-electron chi connectivity index (χ3n) is 1.57. The first-order chi connectivity index (χ1) is 5.70. The number of hydrogen-bond acceptors (Lipinski definition) is 1. The SMILES string of the molecule is Fc1ccc2n[nH]c(I)c2c1Br. The molecule has 0 bridgehead atoms. The summed E-state index contributed by atoms with van der Waals surface area (Å²) in [4.78, 5) is 0. The highest BCUT2D eigenvalue weighted by atomic mass is 127. The molecule has 1 aromatic heterocycles. The Balaban J connectivity index is 2.96. The summed E-state index contributed by atoms with van der Waals surface area (Å²) in [6.45, 7) is 0. The summed E-state index contributed by atoms with van der Waals surface area (Å²) in [5, 5.41) is 7.58. The highest BCUT2D eigenvalue weighted by molar-refractivity contribution is 14.1. The quantitative estimate of drug-likeness (QED) is 0.734. The van der Waals surface area contributed by atoms with Crippen molar-refractivity contribution >= 4 is 49.4 Å². The van der Waals surface area contributed by atoms with Crippen LogP contribution in [0.15, 0.2) is 16.6 Å². The molecule has 2 rings (SSSR count). The van der Waals surface area contributed by atoms with Crippen LogP contribution in [-0.2, 0) is 0 Å². The number of benzene rings is 1. The van der Waals surface area contributed by atoms with Crippen molar-refractivity contribution in [1.82, 2.24) is 10.2 Å². The van der Waals surface area contributed by atoms with Gasteiger partial charge in [0.1, 0.15) is 9.52 Å². The summed E-state index contributed by atoms with van der Waals surface area (Å²) >= 11 is 5.25. The molecule has 0 fully saturated rings. The highest BCUT2D eigenvalue weighted by Gasteiger charge is 2.09. The number of hydrogen-bond donors (Lipinski definition) is 1. The lowest BCUT2D eigenvalue weighted by atomic mass is 10.2. The van der Waals surface area contributed by atoms with Crippen molar-refractivity contribution in [2.75, 3.05) is 0 Å². The van der Waals surface area contributed by atoms with Gasteiger partial charge in [0.15, 0.2) is 0 Å². The topological polar surface area (TPSA) is 28.7 Å². The van der Waals surface area contributed by atoms with Crippen LogP contribution in [0.25, 0.3) is 10.9 Å². The standard InChI is InChI=1S/C7H3BrFIN2/c8-6-3(9)1-2-4-5(6)7(10)12-11-4/h1-2H,(H,11,12). The van der Waals surface area contributed by atoms with E-state index < -0.39 is 0 Å². The largest absolute Gasteiger partial charge is 0.271 e. The molecule has 0 unspecified atom stereocenters. The van der Waals surface area contributed by atoms with Gasteiger partial charge in [-0.2, -0.15) is 5.10 Å². The van der Waals surface area contributed by atoms with Crippen molar-refractivity contribution in [3.63, 3.8) is 0 Å². The average molecular weight is 341 g/mol. The van der Waals surface area contributed by atoms with Gasteiger partial charge in [-0.3, -0.25) is 5.10 Å². The molecule has 0 saturated heterocycles. The summed E-state index contributed by atoms with van der Waals surface area (Å²) in [7, 11) is 0. The fourth-order valence-corrected chi connectivity index (χ4v) is 2.58. The fraction of sp³-hybridized carbons (Fsp3) is 0. The van der Waals surface area contributed by atoms with Gasteiger partial charge in [0.05, 0.1) is 15.4 Å². The minimum Gasteiger partial charge on any atom is -0.271 e. The van der Waals surface area contributed by atoms with Crippen LogP contribution in [0.1, 0.15) is 0 Å². The van der Waals surface area contributed by atoms with Crippen LogP contribution in [0, 0.1) is 9.52 Å². The van der Waals surface area contributed by atoms with E-state index in [0.29, 0.717) is 4.47 Å². The van der Waals surface area contributed by atoms with Gasteiger partial charge in [-0.05, 0) is 50.7 Å². The van der Waals surface area contributed by atoms with E-state index in [1.165, 1.54) is 6.07 Å². The molecular formula is C7H3BrFIN2. The molecule has 0 aliphatic carbocycles. The number of rotatable bonds is 0. The average Bonchev–Trinajstić information content (AvgIpc) is 2.41. The van der Waals surface area contributed by atoms with Gasteiger partial charge in [0.2, 0.25) is 0 Å². The van der Waals surface area contributed by atoms with E-state index in [-0.39, 0.29) is 5.82 Å². The Morgan fingerprint density at radius 1 is 1.50 bits per heavy atom. The second-order valence-electron chi connectivity index (χ2n) is 2.29. The maximum Gasteiger partial charge on any atom is 0.138 e. The first kappa shape index (κ1) is 8.43. The summed E-state index contributed by atoms with van der Waals surface area (Å²) in [6.07, 6.45) is 0. The van der Waals surface area contributed by atoms with Gasteiger partial charge in [-0.25, -0.2) is 4.39 Å². The Kier molecular flexibility index (Phi) is 2.07. The number of H-pyrrole nitrogens is 1. The Hall–Kier alpha value is -0.170. The normalized spacial score (nSPS) is 10.9. The zero-order chi connectivity index (χ0) is 8.72. The van der Waals surface area contributed by atoms with Crippen LogP contribution in [0.5, 0.6) is 0 Å². The van der Waals surface area contributed by atoms with Gasteiger partial charge in [0.25, 0.3) is 0 Å². The van der Waals surface area contributed by atoms with E-state index in [0.717, 1.165) is 14.6 Å². The molecule has 12 heavy (non-hydrogen) atoms.